The first kappa shape index (κ1) is 13.5. The van der Waals surface area contributed by atoms with Crippen molar-refractivity contribution in [2.45, 2.75) is 32.4 Å². The fourth-order valence-electron chi connectivity index (χ4n) is 1.94. The smallest absolute Gasteiger partial charge is 0.221 e. The van der Waals surface area contributed by atoms with Crippen LogP contribution in [-0.2, 0) is 11.3 Å². The van der Waals surface area contributed by atoms with Gasteiger partial charge in [0.25, 0.3) is 0 Å². The molecule has 0 aliphatic rings. The van der Waals surface area contributed by atoms with Gasteiger partial charge in [0, 0.05) is 25.6 Å². The van der Waals surface area contributed by atoms with Gasteiger partial charge >= 0.3 is 0 Å². The third-order valence-electron chi connectivity index (χ3n) is 3.03. The number of imidazole rings is 1. The predicted molar refractivity (Wildman–Crippen MR) is 75.6 cm³/mol. The van der Waals surface area contributed by atoms with Crippen molar-refractivity contribution in [2.75, 3.05) is 6.54 Å². The maximum absolute atomic E-state index is 11.7. The number of amides is 1. The van der Waals surface area contributed by atoms with Crippen LogP contribution in [0.4, 0.5) is 0 Å². The Morgan fingerprint density at radius 2 is 2.26 bits per heavy atom. The Morgan fingerprint density at radius 3 is 3.05 bits per heavy atom. The van der Waals surface area contributed by atoms with Gasteiger partial charge in [0.15, 0.2) is 0 Å². The molecule has 1 heterocycles. The van der Waals surface area contributed by atoms with Gasteiger partial charge in [-0.25, -0.2) is 4.98 Å². The second-order valence-electron chi connectivity index (χ2n) is 4.79. The van der Waals surface area contributed by atoms with E-state index < -0.39 is 0 Å². The average Bonchev–Trinajstić information content (AvgIpc) is 2.79. The summed E-state index contributed by atoms with van der Waals surface area (Å²) in [6.07, 6.45) is 3.04. The fraction of sp³-hybridized carbons (Fsp3) is 0.429. The Hall–Kier alpha value is -1.88. The first-order chi connectivity index (χ1) is 9.16. The van der Waals surface area contributed by atoms with E-state index in [-0.39, 0.29) is 11.9 Å². The summed E-state index contributed by atoms with van der Waals surface area (Å²) < 4.78 is 2.00. The third-order valence-corrected chi connectivity index (χ3v) is 3.03. The molecule has 1 atom stereocenters. The molecule has 1 amide bonds. The van der Waals surface area contributed by atoms with E-state index in [1.807, 2.05) is 35.8 Å². The van der Waals surface area contributed by atoms with Crippen LogP contribution in [0.5, 0.6) is 0 Å². The quantitative estimate of drug-likeness (QED) is 0.821. The number of nitrogens with zero attached hydrogens (tertiary/aromatic N) is 2. The van der Waals surface area contributed by atoms with E-state index in [9.17, 15) is 4.79 Å². The van der Waals surface area contributed by atoms with Gasteiger partial charge in [0.05, 0.1) is 17.4 Å². The molecule has 0 fully saturated rings. The lowest BCUT2D eigenvalue weighted by Gasteiger charge is -2.08. The highest BCUT2D eigenvalue weighted by Gasteiger charge is 2.05. The lowest BCUT2D eigenvalue weighted by atomic mass is 10.2. The molecule has 0 aliphatic heterocycles. The predicted octanol–water partition coefficient (Wildman–Crippen LogP) is 1.28. The number of nitrogens with one attached hydrogen (secondary N) is 1. The number of hydrogen-bond acceptors (Lipinski definition) is 3. The van der Waals surface area contributed by atoms with E-state index in [0.29, 0.717) is 19.5 Å². The highest BCUT2D eigenvalue weighted by molar-refractivity contribution is 5.77. The molecule has 5 heteroatoms. The SMILES string of the molecule is CC(N)CCNC(=O)CCn1cnc2ccccc21. The summed E-state index contributed by atoms with van der Waals surface area (Å²) in [5.41, 5.74) is 7.65. The third kappa shape index (κ3) is 3.79. The minimum Gasteiger partial charge on any atom is -0.356 e. The van der Waals surface area contributed by atoms with Gasteiger partial charge in [-0.3, -0.25) is 4.79 Å². The normalized spacial score (nSPS) is 12.5. The second kappa shape index (κ2) is 6.33. The molecule has 1 unspecified atom stereocenters. The summed E-state index contributed by atoms with van der Waals surface area (Å²) in [4.78, 5) is 16.0. The van der Waals surface area contributed by atoms with Gasteiger partial charge < -0.3 is 15.6 Å². The molecule has 3 N–H and O–H groups in total. The van der Waals surface area contributed by atoms with Gasteiger partial charge in [-0.05, 0) is 25.5 Å². The Kier molecular flexibility index (Phi) is 4.52. The van der Waals surface area contributed by atoms with Crippen molar-refractivity contribution in [1.29, 1.82) is 0 Å². The van der Waals surface area contributed by atoms with Crippen LogP contribution >= 0.6 is 0 Å². The fourth-order valence-corrected chi connectivity index (χ4v) is 1.94. The van der Waals surface area contributed by atoms with Crippen molar-refractivity contribution in [3.8, 4) is 0 Å². The Morgan fingerprint density at radius 1 is 1.47 bits per heavy atom. The Labute approximate surface area is 112 Å². The van der Waals surface area contributed by atoms with Crippen molar-refractivity contribution in [2.24, 2.45) is 5.73 Å². The summed E-state index contributed by atoms with van der Waals surface area (Å²) in [7, 11) is 0. The number of benzene rings is 1. The van der Waals surface area contributed by atoms with E-state index in [4.69, 9.17) is 5.73 Å². The molecule has 1 aromatic carbocycles. The number of rotatable bonds is 6. The van der Waals surface area contributed by atoms with Crippen LogP contribution in [0.3, 0.4) is 0 Å². The largest absolute Gasteiger partial charge is 0.356 e. The number of carbonyl (C=O) groups is 1. The van der Waals surface area contributed by atoms with E-state index >= 15 is 0 Å². The molecule has 0 radical (unpaired) electrons. The van der Waals surface area contributed by atoms with Crippen molar-refractivity contribution in [3.05, 3.63) is 30.6 Å². The molecular weight excluding hydrogens is 240 g/mol. The van der Waals surface area contributed by atoms with E-state index in [1.54, 1.807) is 6.33 Å². The van der Waals surface area contributed by atoms with E-state index in [1.165, 1.54) is 0 Å². The molecule has 2 rings (SSSR count). The summed E-state index contributed by atoms with van der Waals surface area (Å²) in [5.74, 6) is 0.0541. The molecule has 0 spiro atoms. The van der Waals surface area contributed by atoms with Gasteiger partial charge in [-0.2, -0.15) is 0 Å². The van der Waals surface area contributed by atoms with E-state index in [2.05, 4.69) is 10.3 Å². The first-order valence-corrected chi connectivity index (χ1v) is 6.59. The van der Waals surface area contributed by atoms with E-state index in [0.717, 1.165) is 17.5 Å². The maximum atomic E-state index is 11.7. The minimum atomic E-state index is 0.0541. The van der Waals surface area contributed by atoms with Crippen LogP contribution in [0, 0.1) is 0 Å². The Balaban J connectivity index is 1.83. The lowest BCUT2D eigenvalue weighted by molar-refractivity contribution is -0.121. The van der Waals surface area contributed by atoms with Crippen molar-refractivity contribution in [3.63, 3.8) is 0 Å². The molecule has 1 aromatic heterocycles. The van der Waals surface area contributed by atoms with Crippen LogP contribution in [0.1, 0.15) is 19.8 Å². The Bertz CT molecular complexity index is 547. The number of carbonyl (C=O) groups excluding carboxylic acids is 1. The number of nitrogens with two attached hydrogens (primary N) is 1. The molecule has 102 valence electrons. The molecule has 2 aromatic rings. The molecule has 0 saturated carbocycles. The molecule has 0 aliphatic carbocycles. The van der Waals surface area contributed by atoms with Crippen LogP contribution in [-0.4, -0.2) is 28.0 Å². The highest BCUT2D eigenvalue weighted by Crippen LogP contribution is 2.11. The minimum absolute atomic E-state index is 0.0541. The zero-order valence-corrected chi connectivity index (χ0v) is 11.2. The van der Waals surface area contributed by atoms with Gasteiger partial charge in [0.2, 0.25) is 5.91 Å². The zero-order chi connectivity index (χ0) is 13.7. The average molecular weight is 260 g/mol. The van der Waals surface area contributed by atoms with Crippen LogP contribution in [0.25, 0.3) is 11.0 Å². The number of aromatic nitrogens is 2. The summed E-state index contributed by atoms with van der Waals surface area (Å²) in [5, 5.41) is 2.87. The summed E-state index contributed by atoms with van der Waals surface area (Å²) in [6, 6.07) is 8.03. The molecule has 0 bridgehead atoms. The molecule has 0 saturated heterocycles. The molecular formula is C14H20N4O. The van der Waals surface area contributed by atoms with Gasteiger partial charge in [-0.1, -0.05) is 12.1 Å². The summed E-state index contributed by atoms with van der Waals surface area (Å²) in [6.45, 7) is 3.22. The van der Waals surface area contributed by atoms with Crippen LogP contribution < -0.4 is 11.1 Å². The highest BCUT2D eigenvalue weighted by atomic mass is 16.1. The van der Waals surface area contributed by atoms with Crippen molar-refractivity contribution >= 4 is 16.9 Å². The topological polar surface area (TPSA) is 72.9 Å². The first-order valence-electron chi connectivity index (χ1n) is 6.59. The molecule has 19 heavy (non-hydrogen) atoms. The molecule has 5 nitrogen and oxygen atoms in total. The monoisotopic (exact) mass is 260 g/mol. The number of aryl methyl sites for hydroxylation is 1. The standard InChI is InChI=1S/C14H20N4O/c1-11(15)6-8-16-14(19)7-9-18-10-17-12-4-2-3-5-13(12)18/h2-5,10-11H,6-9,15H2,1H3,(H,16,19). The van der Waals surface area contributed by atoms with Crippen LogP contribution in [0.15, 0.2) is 30.6 Å². The van der Waals surface area contributed by atoms with Crippen LogP contribution in [0.2, 0.25) is 0 Å². The van der Waals surface area contributed by atoms with Gasteiger partial charge in [0.1, 0.15) is 0 Å². The maximum Gasteiger partial charge on any atom is 0.221 e. The number of fused-ring (bicyclic) bond motifs is 1. The lowest BCUT2D eigenvalue weighted by Crippen LogP contribution is -2.29. The number of hydrogen-bond donors (Lipinski definition) is 2. The van der Waals surface area contributed by atoms with Crippen molar-refractivity contribution < 1.29 is 4.79 Å². The van der Waals surface area contributed by atoms with Crippen molar-refractivity contribution in [1.82, 2.24) is 14.9 Å². The number of para-hydroxylation sites is 2. The summed E-state index contributed by atoms with van der Waals surface area (Å²) >= 11 is 0. The van der Waals surface area contributed by atoms with Gasteiger partial charge in [-0.15, -0.1) is 0 Å². The zero-order valence-electron chi connectivity index (χ0n) is 11.2. The second-order valence-corrected chi connectivity index (χ2v) is 4.79.